The Morgan fingerprint density at radius 2 is 1.78 bits per heavy atom. The van der Waals surface area contributed by atoms with Gasteiger partial charge in [0.15, 0.2) is 5.96 Å². The van der Waals surface area contributed by atoms with Crippen molar-refractivity contribution in [2.45, 2.75) is 59.3 Å². The number of hydrogen-bond acceptors (Lipinski definition) is 4. The Labute approximate surface area is 167 Å². The maximum Gasteiger partial charge on any atom is 0.191 e. The Kier molecular flexibility index (Phi) is 8.25. The fourth-order valence-electron chi connectivity index (χ4n) is 2.57. The molecule has 0 saturated heterocycles. The van der Waals surface area contributed by atoms with Gasteiger partial charge in [-0.25, -0.2) is 4.98 Å². The molecule has 0 saturated carbocycles. The minimum atomic E-state index is 0.466. The van der Waals surface area contributed by atoms with E-state index in [0.29, 0.717) is 18.5 Å². The molecule has 0 radical (unpaired) electrons. The average Bonchev–Trinajstić information content (AvgIpc) is 3.12. The van der Waals surface area contributed by atoms with E-state index in [2.05, 4.69) is 89.9 Å². The van der Waals surface area contributed by atoms with E-state index in [1.807, 2.05) is 0 Å². The third-order valence-electron chi connectivity index (χ3n) is 4.66. The van der Waals surface area contributed by atoms with Crippen molar-refractivity contribution >= 4 is 17.3 Å². The molecule has 0 bridgehead atoms. The highest BCUT2D eigenvalue weighted by Crippen LogP contribution is 2.17. The van der Waals surface area contributed by atoms with Gasteiger partial charge in [0.1, 0.15) is 5.01 Å². The molecule has 1 aromatic heterocycles. The number of nitrogens with zero attached hydrogens (tertiary/aromatic N) is 3. The predicted molar refractivity (Wildman–Crippen MR) is 116 cm³/mol. The number of rotatable bonds is 8. The number of aliphatic imine (C=N–C) groups is 1. The van der Waals surface area contributed by atoms with E-state index < -0.39 is 0 Å². The lowest BCUT2D eigenvalue weighted by atomic mass is 10.1. The molecule has 0 aliphatic heterocycles. The van der Waals surface area contributed by atoms with Gasteiger partial charge >= 0.3 is 0 Å². The fraction of sp³-hybridized carbons (Fsp3) is 0.524. The molecule has 1 aromatic carbocycles. The molecular formula is C21H33N5S. The van der Waals surface area contributed by atoms with Crippen molar-refractivity contribution in [1.29, 1.82) is 0 Å². The summed E-state index contributed by atoms with van der Waals surface area (Å²) in [7, 11) is 3.96. The summed E-state index contributed by atoms with van der Waals surface area (Å²) in [6.45, 7) is 11.2. The smallest absolute Gasteiger partial charge is 0.191 e. The summed E-state index contributed by atoms with van der Waals surface area (Å²) in [4.78, 5) is 11.4. The zero-order chi connectivity index (χ0) is 19.8. The molecule has 0 amide bonds. The minimum absolute atomic E-state index is 0.466. The topological polar surface area (TPSA) is 52.6 Å². The number of hydrogen-bond donors (Lipinski definition) is 2. The Balaban J connectivity index is 1.92. The molecule has 2 N–H and O–H groups in total. The van der Waals surface area contributed by atoms with Crippen molar-refractivity contribution in [3.05, 3.63) is 51.5 Å². The molecular weight excluding hydrogens is 354 g/mol. The van der Waals surface area contributed by atoms with Gasteiger partial charge in [-0.1, -0.05) is 38.1 Å². The molecule has 0 spiro atoms. The third-order valence-corrected chi connectivity index (χ3v) is 5.52. The quantitative estimate of drug-likeness (QED) is 0.531. The number of thiazole rings is 1. The summed E-state index contributed by atoms with van der Waals surface area (Å²) in [5.41, 5.74) is 3.80. The van der Waals surface area contributed by atoms with Gasteiger partial charge in [0, 0.05) is 31.6 Å². The largest absolute Gasteiger partial charge is 0.352 e. The van der Waals surface area contributed by atoms with Crippen LogP contribution in [0, 0.1) is 0 Å². The SMILES string of the molecule is CN=C(NCc1nc(C(C)C)cs1)NCc1ccccc1CN(C)C(C)C. The van der Waals surface area contributed by atoms with Crippen molar-refractivity contribution in [2.24, 2.45) is 4.99 Å². The monoisotopic (exact) mass is 387 g/mol. The summed E-state index contributed by atoms with van der Waals surface area (Å²) in [5, 5.41) is 10.0. The van der Waals surface area contributed by atoms with Crippen LogP contribution in [0.5, 0.6) is 0 Å². The third kappa shape index (κ3) is 6.63. The van der Waals surface area contributed by atoms with E-state index in [9.17, 15) is 0 Å². The molecule has 148 valence electrons. The predicted octanol–water partition coefficient (Wildman–Crippen LogP) is 3.97. The highest BCUT2D eigenvalue weighted by molar-refractivity contribution is 7.09. The lowest BCUT2D eigenvalue weighted by Crippen LogP contribution is -2.36. The van der Waals surface area contributed by atoms with Crippen LogP contribution in [-0.2, 0) is 19.6 Å². The molecule has 0 aliphatic rings. The summed E-state index contributed by atoms with van der Waals surface area (Å²) >= 11 is 1.69. The van der Waals surface area contributed by atoms with Crippen LogP contribution < -0.4 is 10.6 Å². The molecule has 0 aliphatic carbocycles. The molecule has 1 heterocycles. The second-order valence-electron chi connectivity index (χ2n) is 7.38. The molecule has 2 aromatic rings. The molecule has 2 rings (SSSR count). The van der Waals surface area contributed by atoms with Crippen LogP contribution in [0.25, 0.3) is 0 Å². The van der Waals surface area contributed by atoms with Gasteiger partial charge in [0.05, 0.1) is 12.2 Å². The van der Waals surface area contributed by atoms with E-state index in [1.165, 1.54) is 11.1 Å². The van der Waals surface area contributed by atoms with Crippen molar-refractivity contribution in [3.8, 4) is 0 Å². The molecule has 0 atom stereocenters. The van der Waals surface area contributed by atoms with Crippen LogP contribution in [0.15, 0.2) is 34.6 Å². The first-order valence-electron chi connectivity index (χ1n) is 9.56. The van der Waals surface area contributed by atoms with Crippen molar-refractivity contribution < 1.29 is 0 Å². The van der Waals surface area contributed by atoms with Gasteiger partial charge in [0.2, 0.25) is 0 Å². The first-order valence-corrected chi connectivity index (χ1v) is 10.4. The maximum atomic E-state index is 4.67. The first kappa shape index (κ1) is 21.4. The zero-order valence-electron chi connectivity index (χ0n) is 17.4. The van der Waals surface area contributed by atoms with E-state index in [-0.39, 0.29) is 0 Å². The number of nitrogens with one attached hydrogen (secondary N) is 2. The van der Waals surface area contributed by atoms with E-state index in [4.69, 9.17) is 0 Å². The highest BCUT2D eigenvalue weighted by Gasteiger charge is 2.09. The Hall–Kier alpha value is -1.92. The molecule has 6 heteroatoms. The van der Waals surface area contributed by atoms with Crippen molar-refractivity contribution in [2.75, 3.05) is 14.1 Å². The summed E-state index contributed by atoms with van der Waals surface area (Å²) in [5.74, 6) is 1.26. The lowest BCUT2D eigenvalue weighted by molar-refractivity contribution is 0.265. The maximum absolute atomic E-state index is 4.67. The standard InChI is InChI=1S/C21H33N5S/c1-15(2)19-14-27-20(25-19)12-24-21(22-5)23-11-17-9-7-8-10-18(17)13-26(6)16(3)4/h7-10,14-16H,11-13H2,1-6H3,(H2,22,23,24). The minimum Gasteiger partial charge on any atom is -0.352 e. The van der Waals surface area contributed by atoms with Crippen molar-refractivity contribution in [3.63, 3.8) is 0 Å². The van der Waals surface area contributed by atoms with E-state index in [1.54, 1.807) is 18.4 Å². The van der Waals surface area contributed by atoms with Gasteiger partial charge in [-0.15, -0.1) is 11.3 Å². The molecule has 27 heavy (non-hydrogen) atoms. The van der Waals surface area contributed by atoms with Crippen LogP contribution in [0.2, 0.25) is 0 Å². The zero-order valence-corrected chi connectivity index (χ0v) is 18.2. The second kappa shape index (κ2) is 10.4. The summed E-state index contributed by atoms with van der Waals surface area (Å²) in [6.07, 6.45) is 0. The van der Waals surface area contributed by atoms with Crippen LogP contribution in [0.1, 0.15) is 55.4 Å². The van der Waals surface area contributed by atoms with E-state index >= 15 is 0 Å². The second-order valence-corrected chi connectivity index (χ2v) is 8.32. The van der Waals surface area contributed by atoms with Crippen molar-refractivity contribution in [1.82, 2.24) is 20.5 Å². The molecule has 0 fully saturated rings. The van der Waals surface area contributed by atoms with E-state index in [0.717, 1.165) is 29.8 Å². The first-order chi connectivity index (χ1) is 12.9. The van der Waals surface area contributed by atoms with Gasteiger partial charge in [-0.05, 0) is 37.9 Å². The van der Waals surface area contributed by atoms with Crippen LogP contribution >= 0.6 is 11.3 Å². The molecule has 0 unspecified atom stereocenters. The lowest BCUT2D eigenvalue weighted by Gasteiger charge is -2.23. The Morgan fingerprint density at radius 3 is 2.37 bits per heavy atom. The van der Waals surface area contributed by atoms with Gasteiger partial charge in [0.25, 0.3) is 0 Å². The number of aromatic nitrogens is 1. The van der Waals surface area contributed by atoms with Gasteiger partial charge in [-0.3, -0.25) is 9.89 Å². The van der Waals surface area contributed by atoms with Gasteiger partial charge < -0.3 is 10.6 Å². The Morgan fingerprint density at radius 1 is 1.11 bits per heavy atom. The van der Waals surface area contributed by atoms with Crippen LogP contribution in [-0.4, -0.2) is 36.0 Å². The Bertz CT molecular complexity index is 736. The summed E-state index contributed by atoms with van der Waals surface area (Å²) < 4.78 is 0. The highest BCUT2D eigenvalue weighted by atomic mass is 32.1. The average molecular weight is 388 g/mol. The molecule has 5 nitrogen and oxygen atoms in total. The number of benzene rings is 1. The van der Waals surface area contributed by atoms with Gasteiger partial charge in [-0.2, -0.15) is 0 Å². The normalized spacial score (nSPS) is 12.3. The van der Waals surface area contributed by atoms with Crippen LogP contribution in [0.3, 0.4) is 0 Å². The van der Waals surface area contributed by atoms with Crippen LogP contribution in [0.4, 0.5) is 0 Å². The fourth-order valence-corrected chi connectivity index (χ4v) is 3.46. The summed E-state index contributed by atoms with van der Waals surface area (Å²) in [6, 6.07) is 9.10. The number of guanidine groups is 1.